The number of aryl methyl sites for hydroxylation is 2. The minimum absolute atomic E-state index is 0. The van der Waals surface area contributed by atoms with Gasteiger partial charge >= 0.3 is 0 Å². The first-order valence-electron chi connectivity index (χ1n) is 9.45. The Morgan fingerprint density at radius 1 is 1.32 bits per heavy atom. The van der Waals surface area contributed by atoms with Crippen LogP contribution in [0, 0.1) is 13.8 Å². The third kappa shape index (κ3) is 5.40. The molecule has 1 aromatic carbocycles. The van der Waals surface area contributed by atoms with Crippen LogP contribution < -0.4 is 15.5 Å². The van der Waals surface area contributed by atoms with Gasteiger partial charge in [0.05, 0.1) is 11.4 Å². The second-order valence-electron chi connectivity index (χ2n) is 7.05. The fraction of sp³-hybridized carbons (Fsp3) is 0.500. The lowest BCUT2D eigenvalue weighted by Crippen LogP contribution is -2.45. The molecule has 3 rings (SSSR count). The zero-order chi connectivity index (χ0) is 19.4. The maximum absolute atomic E-state index is 4.49. The van der Waals surface area contributed by atoms with E-state index in [1.807, 2.05) is 18.8 Å². The molecule has 1 aliphatic rings. The van der Waals surface area contributed by atoms with Gasteiger partial charge in [0.1, 0.15) is 0 Å². The van der Waals surface area contributed by atoms with Crippen molar-refractivity contribution in [2.75, 3.05) is 31.6 Å². The first kappa shape index (κ1) is 23.0. The molecule has 28 heavy (non-hydrogen) atoms. The van der Waals surface area contributed by atoms with Crippen LogP contribution >= 0.6 is 39.9 Å². The van der Waals surface area contributed by atoms with E-state index < -0.39 is 0 Å². The largest absolute Gasteiger partial charge is 0.368 e. The number of aliphatic imine (C=N–C) groups is 1. The van der Waals surface area contributed by atoms with Crippen LogP contribution in [-0.4, -0.2) is 48.5 Å². The van der Waals surface area contributed by atoms with Gasteiger partial charge in [-0.1, -0.05) is 12.1 Å². The highest BCUT2D eigenvalue weighted by atomic mass is 127. The van der Waals surface area contributed by atoms with Gasteiger partial charge in [-0.15, -0.1) is 24.0 Å². The molecule has 8 heteroatoms. The molecule has 1 aromatic heterocycles. The average molecular weight is 561 g/mol. The number of hydrogen-bond acceptors (Lipinski definition) is 3. The lowest BCUT2D eigenvalue weighted by Gasteiger charge is -2.21. The second-order valence-corrected chi connectivity index (χ2v) is 7.90. The summed E-state index contributed by atoms with van der Waals surface area (Å²) in [5.41, 5.74) is 4.92. The van der Waals surface area contributed by atoms with Crippen molar-refractivity contribution in [1.82, 2.24) is 20.4 Å². The SMILES string of the molecule is CN=C(NCCc1c(C)nn(C)c1C)NC1CCN(c2ccccc2Br)C1.I. The Morgan fingerprint density at radius 2 is 2.07 bits per heavy atom. The maximum Gasteiger partial charge on any atom is 0.191 e. The van der Waals surface area contributed by atoms with E-state index in [0.29, 0.717) is 6.04 Å². The van der Waals surface area contributed by atoms with Crippen molar-refractivity contribution >= 4 is 51.6 Å². The number of guanidine groups is 1. The Hall–Kier alpha value is -1.29. The van der Waals surface area contributed by atoms with E-state index >= 15 is 0 Å². The monoisotopic (exact) mass is 560 g/mol. The fourth-order valence-electron chi connectivity index (χ4n) is 3.68. The fourth-order valence-corrected chi connectivity index (χ4v) is 4.21. The summed E-state index contributed by atoms with van der Waals surface area (Å²) in [4.78, 5) is 6.81. The van der Waals surface area contributed by atoms with E-state index in [4.69, 9.17) is 0 Å². The van der Waals surface area contributed by atoms with Crippen LogP contribution in [0.25, 0.3) is 0 Å². The molecular weight excluding hydrogens is 531 g/mol. The molecule has 0 spiro atoms. The minimum Gasteiger partial charge on any atom is -0.368 e. The summed E-state index contributed by atoms with van der Waals surface area (Å²) in [6.45, 7) is 7.06. The highest BCUT2D eigenvalue weighted by molar-refractivity contribution is 14.0. The van der Waals surface area contributed by atoms with E-state index in [2.05, 4.69) is 79.7 Å². The van der Waals surface area contributed by atoms with Crippen molar-refractivity contribution < 1.29 is 0 Å². The van der Waals surface area contributed by atoms with E-state index in [1.165, 1.54) is 16.9 Å². The molecule has 1 saturated heterocycles. The standard InChI is InChI=1S/C20H29BrN6.HI/c1-14-17(15(2)26(4)25-14)9-11-23-20(22-3)24-16-10-12-27(13-16)19-8-6-5-7-18(19)21;/h5-8,16H,9-13H2,1-4H3,(H2,22,23,24);1H. The summed E-state index contributed by atoms with van der Waals surface area (Å²) in [5.74, 6) is 0.869. The van der Waals surface area contributed by atoms with Gasteiger partial charge in [-0.3, -0.25) is 9.67 Å². The predicted octanol–water partition coefficient (Wildman–Crippen LogP) is 3.40. The second kappa shape index (κ2) is 10.5. The lowest BCUT2D eigenvalue weighted by molar-refractivity contribution is 0.648. The topological polar surface area (TPSA) is 57.5 Å². The van der Waals surface area contributed by atoms with Gasteiger partial charge in [0, 0.05) is 49.9 Å². The summed E-state index contributed by atoms with van der Waals surface area (Å²) in [6.07, 6.45) is 2.04. The van der Waals surface area contributed by atoms with Gasteiger partial charge in [-0.2, -0.15) is 5.10 Å². The number of anilines is 1. The number of rotatable bonds is 5. The van der Waals surface area contributed by atoms with Gasteiger partial charge in [-0.25, -0.2) is 0 Å². The van der Waals surface area contributed by atoms with Crippen LogP contribution in [0.15, 0.2) is 33.7 Å². The number of nitrogens with one attached hydrogen (secondary N) is 2. The molecule has 0 radical (unpaired) electrons. The molecule has 2 N–H and O–H groups in total. The summed E-state index contributed by atoms with van der Waals surface area (Å²) < 4.78 is 3.10. The average Bonchev–Trinajstić information content (AvgIpc) is 3.20. The van der Waals surface area contributed by atoms with Crippen molar-refractivity contribution in [2.24, 2.45) is 12.0 Å². The molecule has 2 heterocycles. The molecule has 0 aliphatic carbocycles. The minimum atomic E-state index is 0. The van der Waals surface area contributed by atoms with Crippen LogP contribution in [0.1, 0.15) is 23.4 Å². The Balaban J connectivity index is 0.00000280. The van der Waals surface area contributed by atoms with E-state index in [1.54, 1.807) is 0 Å². The van der Waals surface area contributed by atoms with Gasteiger partial charge in [0.15, 0.2) is 5.96 Å². The Morgan fingerprint density at radius 3 is 2.71 bits per heavy atom. The molecular formula is C20H30BrIN6. The summed E-state index contributed by atoms with van der Waals surface area (Å²) in [5, 5.41) is 11.5. The van der Waals surface area contributed by atoms with Crippen molar-refractivity contribution in [3.05, 3.63) is 45.7 Å². The molecule has 0 amide bonds. The summed E-state index contributed by atoms with van der Waals surface area (Å²) in [6, 6.07) is 8.79. The molecule has 0 saturated carbocycles. The van der Waals surface area contributed by atoms with Crippen LogP contribution in [0.4, 0.5) is 5.69 Å². The Labute approximate surface area is 193 Å². The maximum atomic E-state index is 4.49. The molecule has 2 aromatic rings. The van der Waals surface area contributed by atoms with Gasteiger partial charge < -0.3 is 15.5 Å². The van der Waals surface area contributed by atoms with Crippen LogP contribution in [0.3, 0.4) is 0 Å². The number of hydrogen-bond donors (Lipinski definition) is 2. The van der Waals surface area contributed by atoms with E-state index in [-0.39, 0.29) is 24.0 Å². The molecule has 1 unspecified atom stereocenters. The Bertz CT molecular complexity index is 819. The summed E-state index contributed by atoms with van der Waals surface area (Å²) >= 11 is 3.66. The van der Waals surface area contributed by atoms with Crippen molar-refractivity contribution in [3.8, 4) is 0 Å². The van der Waals surface area contributed by atoms with Crippen LogP contribution in [-0.2, 0) is 13.5 Å². The van der Waals surface area contributed by atoms with Crippen molar-refractivity contribution in [3.63, 3.8) is 0 Å². The van der Waals surface area contributed by atoms with Crippen LogP contribution in [0.5, 0.6) is 0 Å². The van der Waals surface area contributed by atoms with E-state index in [0.717, 1.165) is 48.6 Å². The zero-order valence-electron chi connectivity index (χ0n) is 17.0. The molecule has 1 aliphatic heterocycles. The van der Waals surface area contributed by atoms with Gasteiger partial charge in [0.25, 0.3) is 0 Å². The highest BCUT2D eigenvalue weighted by Gasteiger charge is 2.24. The molecule has 0 bridgehead atoms. The third-order valence-electron chi connectivity index (χ3n) is 5.27. The Kier molecular flexibility index (Phi) is 8.60. The number of benzene rings is 1. The van der Waals surface area contributed by atoms with E-state index in [9.17, 15) is 0 Å². The van der Waals surface area contributed by atoms with Gasteiger partial charge in [0.2, 0.25) is 0 Å². The smallest absolute Gasteiger partial charge is 0.191 e. The number of aromatic nitrogens is 2. The number of para-hydroxylation sites is 1. The van der Waals surface area contributed by atoms with Crippen molar-refractivity contribution in [1.29, 1.82) is 0 Å². The quantitative estimate of drug-likeness (QED) is 0.334. The number of halogens is 2. The zero-order valence-corrected chi connectivity index (χ0v) is 20.9. The summed E-state index contributed by atoms with van der Waals surface area (Å²) in [7, 11) is 3.83. The first-order valence-corrected chi connectivity index (χ1v) is 10.2. The third-order valence-corrected chi connectivity index (χ3v) is 5.94. The van der Waals surface area contributed by atoms with Crippen molar-refractivity contribution in [2.45, 2.75) is 32.7 Å². The molecule has 6 nitrogen and oxygen atoms in total. The first-order chi connectivity index (χ1) is 13.0. The predicted molar refractivity (Wildman–Crippen MR) is 131 cm³/mol. The lowest BCUT2D eigenvalue weighted by atomic mass is 10.1. The molecule has 1 atom stereocenters. The number of nitrogens with zero attached hydrogens (tertiary/aromatic N) is 4. The molecule has 154 valence electrons. The van der Waals surface area contributed by atoms with Crippen LogP contribution in [0.2, 0.25) is 0 Å². The normalized spacial score (nSPS) is 16.8. The van der Waals surface area contributed by atoms with Gasteiger partial charge in [-0.05, 0) is 60.3 Å². The highest BCUT2D eigenvalue weighted by Crippen LogP contribution is 2.28. The molecule has 1 fully saturated rings.